The first-order chi connectivity index (χ1) is 14.0. The first kappa shape index (κ1) is 19.0. The largest absolute Gasteiger partial charge is 0.497 e. The minimum atomic E-state index is -0.324. The van der Waals surface area contributed by atoms with Crippen LogP contribution in [0.4, 0.5) is 0 Å². The summed E-state index contributed by atoms with van der Waals surface area (Å²) >= 11 is 0. The number of aromatic nitrogens is 5. The first-order valence-corrected chi connectivity index (χ1v) is 9.77. The Kier molecular flexibility index (Phi) is 4.77. The Morgan fingerprint density at radius 1 is 1.10 bits per heavy atom. The number of rotatable bonds is 6. The zero-order valence-electron chi connectivity index (χ0n) is 17.2. The van der Waals surface area contributed by atoms with Gasteiger partial charge in [0.1, 0.15) is 5.75 Å². The van der Waals surface area contributed by atoms with Crippen molar-refractivity contribution >= 4 is 16.9 Å². The lowest BCUT2D eigenvalue weighted by atomic mass is 10.2. The molecule has 0 aliphatic carbocycles. The molecule has 0 saturated heterocycles. The molecule has 1 aromatic carbocycles. The second kappa shape index (κ2) is 7.27. The summed E-state index contributed by atoms with van der Waals surface area (Å²) in [6, 6.07) is 7.85. The fraction of sp³-hybridized carbons (Fsp3) is 0.381. The molecule has 0 fully saturated rings. The standard InChI is InChI=1S/C21H25N5O3/c1-5-6-11-24-19(27)17-18(23(3)21(24)28)22-20-25(14(2)12-26(17)20)13-15-7-9-16(29-4)10-8-15/h7-10,12H,5-6,11,13H2,1-4H3. The third-order valence-corrected chi connectivity index (χ3v) is 5.38. The minimum absolute atomic E-state index is 0.286. The quantitative estimate of drug-likeness (QED) is 0.502. The van der Waals surface area contributed by atoms with Gasteiger partial charge in [0.15, 0.2) is 11.2 Å². The number of nitrogens with zero attached hydrogens (tertiary/aromatic N) is 5. The number of benzene rings is 1. The van der Waals surface area contributed by atoms with Crippen LogP contribution in [-0.2, 0) is 20.1 Å². The van der Waals surface area contributed by atoms with E-state index < -0.39 is 0 Å². The predicted octanol–water partition coefficient (Wildman–Crippen LogP) is 2.31. The number of methoxy groups -OCH3 is 1. The van der Waals surface area contributed by atoms with Gasteiger partial charge in [-0.25, -0.2) is 4.79 Å². The molecule has 3 heterocycles. The van der Waals surface area contributed by atoms with Gasteiger partial charge in [-0.05, 0) is 31.0 Å². The van der Waals surface area contributed by atoms with E-state index in [4.69, 9.17) is 4.74 Å². The monoisotopic (exact) mass is 395 g/mol. The average molecular weight is 395 g/mol. The summed E-state index contributed by atoms with van der Waals surface area (Å²) in [6.45, 7) is 5.04. The van der Waals surface area contributed by atoms with E-state index in [1.54, 1.807) is 18.6 Å². The van der Waals surface area contributed by atoms with Crippen molar-refractivity contribution in [3.8, 4) is 5.75 Å². The first-order valence-electron chi connectivity index (χ1n) is 9.77. The maximum Gasteiger partial charge on any atom is 0.332 e. The van der Waals surface area contributed by atoms with Crippen LogP contribution in [0.15, 0.2) is 40.1 Å². The number of unbranched alkanes of at least 4 members (excludes halogenated alkanes) is 1. The molecule has 0 saturated carbocycles. The van der Waals surface area contributed by atoms with Gasteiger partial charge in [0.05, 0.1) is 13.7 Å². The second-order valence-corrected chi connectivity index (χ2v) is 7.31. The number of aryl methyl sites for hydroxylation is 2. The molecule has 152 valence electrons. The van der Waals surface area contributed by atoms with Gasteiger partial charge in [0.25, 0.3) is 5.56 Å². The van der Waals surface area contributed by atoms with Gasteiger partial charge in [-0.1, -0.05) is 25.5 Å². The number of fused-ring (bicyclic) bond motifs is 3. The van der Waals surface area contributed by atoms with Gasteiger partial charge < -0.3 is 9.30 Å². The molecule has 8 heteroatoms. The highest BCUT2D eigenvalue weighted by Gasteiger charge is 2.20. The van der Waals surface area contributed by atoms with Crippen LogP contribution in [0.5, 0.6) is 5.75 Å². The van der Waals surface area contributed by atoms with Gasteiger partial charge in [0.2, 0.25) is 5.78 Å². The topological polar surface area (TPSA) is 75.5 Å². The number of hydrogen-bond acceptors (Lipinski definition) is 4. The molecule has 0 radical (unpaired) electrons. The van der Waals surface area contributed by atoms with Crippen molar-refractivity contribution in [3.05, 3.63) is 62.6 Å². The molecule has 0 unspecified atom stereocenters. The van der Waals surface area contributed by atoms with Gasteiger partial charge >= 0.3 is 5.69 Å². The predicted molar refractivity (Wildman–Crippen MR) is 112 cm³/mol. The Morgan fingerprint density at radius 3 is 2.48 bits per heavy atom. The Hall–Kier alpha value is -3.29. The molecule has 3 aromatic heterocycles. The summed E-state index contributed by atoms with van der Waals surface area (Å²) in [5.74, 6) is 1.45. The second-order valence-electron chi connectivity index (χ2n) is 7.31. The molecule has 0 N–H and O–H groups in total. The number of hydrogen-bond donors (Lipinski definition) is 0. The van der Waals surface area contributed by atoms with Crippen LogP contribution in [0.1, 0.15) is 31.0 Å². The summed E-state index contributed by atoms with van der Waals surface area (Å²) in [4.78, 5) is 30.4. The summed E-state index contributed by atoms with van der Waals surface area (Å²) in [6.07, 6.45) is 3.59. The zero-order chi connectivity index (χ0) is 20.7. The highest BCUT2D eigenvalue weighted by Crippen LogP contribution is 2.19. The highest BCUT2D eigenvalue weighted by atomic mass is 16.5. The normalized spacial score (nSPS) is 11.6. The Labute approximate surface area is 167 Å². The van der Waals surface area contributed by atoms with Crippen molar-refractivity contribution in [1.29, 1.82) is 0 Å². The molecular formula is C21H25N5O3. The van der Waals surface area contributed by atoms with Gasteiger partial charge in [-0.2, -0.15) is 4.98 Å². The molecule has 29 heavy (non-hydrogen) atoms. The Morgan fingerprint density at radius 2 is 1.83 bits per heavy atom. The zero-order valence-corrected chi connectivity index (χ0v) is 17.2. The van der Waals surface area contributed by atoms with Crippen LogP contribution in [-0.4, -0.2) is 30.2 Å². The molecule has 0 bridgehead atoms. The van der Waals surface area contributed by atoms with Crippen molar-refractivity contribution in [3.63, 3.8) is 0 Å². The average Bonchev–Trinajstić information content (AvgIpc) is 3.23. The van der Waals surface area contributed by atoms with E-state index in [1.807, 2.05) is 48.9 Å². The van der Waals surface area contributed by atoms with Gasteiger partial charge in [0, 0.05) is 25.5 Å². The molecule has 0 atom stereocenters. The summed E-state index contributed by atoms with van der Waals surface area (Å²) < 4.78 is 11.9. The highest BCUT2D eigenvalue weighted by molar-refractivity contribution is 5.75. The molecule has 0 spiro atoms. The van der Waals surface area contributed by atoms with E-state index in [1.165, 1.54) is 9.13 Å². The van der Waals surface area contributed by atoms with E-state index in [2.05, 4.69) is 4.98 Å². The molecule has 4 aromatic rings. The van der Waals surface area contributed by atoms with Crippen LogP contribution in [0, 0.1) is 6.92 Å². The van der Waals surface area contributed by atoms with Crippen LogP contribution >= 0.6 is 0 Å². The SMILES string of the molecule is CCCCn1c(=O)c2c(nc3n(Cc4ccc(OC)cc4)c(C)cn23)n(C)c1=O. The number of ether oxygens (including phenoxy) is 1. The lowest BCUT2D eigenvalue weighted by Crippen LogP contribution is -2.39. The fourth-order valence-corrected chi connectivity index (χ4v) is 3.68. The van der Waals surface area contributed by atoms with Gasteiger partial charge in [-0.3, -0.25) is 18.3 Å². The Bertz CT molecular complexity index is 1310. The summed E-state index contributed by atoms with van der Waals surface area (Å²) in [5.41, 5.74) is 2.31. The molecule has 8 nitrogen and oxygen atoms in total. The summed E-state index contributed by atoms with van der Waals surface area (Å²) in [7, 11) is 3.31. The maximum atomic E-state index is 13.1. The van der Waals surface area contributed by atoms with Crippen LogP contribution in [0.25, 0.3) is 16.9 Å². The molecule has 0 aliphatic heterocycles. The van der Waals surface area contributed by atoms with E-state index in [9.17, 15) is 9.59 Å². The van der Waals surface area contributed by atoms with Crippen LogP contribution in [0.2, 0.25) is 0 Å². The van der Waals surface area contributed by atoms with E-state index in [0.29, 0.717) is 30.0 Å². The Balaban J connectivity index is 1.90. The third kappa shape index (κ3) is 3.04. The minimum Gasteiger partial charge on any atom is -0.497 e. The lowest BCUT2D eigenvalue weighted by Gasteiger charge is -2.07. The molecule has 0 amide bonds. The van der Waals surface area contributed by atoms with E-state index in [-0.39, 0.29) is 11.2 Å². The van der Waals surface area contributed by atoms with Crippen molar-refractivity contribution in [2.75, 3.05) is 7.11 Å². The van der Waals surface area contributed by atoms with Crippen molar-refractivity contribution in [2.45, 2.75) is 39.8 Å². The molecule has 0 aliphatic rings. The summed E-state index contributed by atoms with van der Waals surface area (Å²) in [5, 5.41) is 0. The third-order valence-electron chi connectivity index (χ3n) is 5.38. The van der Waals surface area contributed by atoms with Crippen LogP contribution < -0.4 is 16.0 Å². The maximum absolute atomic E-state index is 13.1. The number of imidazole rings is 2. The van der Waals surface area contributed by atoms with Crippen molar-refractivity contribution < 1.29 is 4.74 Å². The van der Waals surface area contributed by atoms with Crippen molar-refractivity contribution in [1.82, 2.24) is 23.1 Å². The molecule has 4 rings (SSSR count). The fourth-order valence-electron chi connectivity index (χ4n) is 3.68. The molecular weight excluding hydrogens is 370 g/mol. The lowest BCUT2D eigenvalue weighted by molar-refractivity contribution is 0.414. The van der Waals surface area contributed by atoms with Crippen LogP contribution in [0.3, 0.4) is 0 Å². The van der Waals surface area contributed by atoms with E-state index in [0.717, 1.165) is 29.8 Å². The van der Waals surface area contributed by atoms with Gasteiger partial charge in [-0.15, -0.1) is 0 Å². The smallest absolute Gasteiger partial charge is 0.332 e. The van der Waals surface area contributed by atoms with Crippen molar-refractivity contribution in [2.24, 2.45) is 7.05 Å². The van der Waals surface area contributed by atoms with E-state index >= 15 is 0 Å².